The van der Waals surface area contributed by atoms with Crippen LogP contribution in [0.15, 0.2) is 48.6 Å². The summed E-state index contributed by atoms with van der Waals surface area (Å²) in [7, 11) is 0. The molecule has 0 rings (SSSR count). The van der Waals surface area contributed by atoms with Gasteiger partial charge in [0.05, 0.1) is 0 Å². The van der Waals surface area contributed by atoms with Gasteiger partial charge < -0.3 is 5.11 Å². The zero-order valence-electron chi connectivity index (χ0n) is 14.5. The number of allylic oxidation sites excluding steroid dienone is 8. The van der Waals surface area contributed by atoms with Gasteiger partial charge >= 0.3 is 5.97 Å². The predicted octanol–water partition coefficient (Wildman–Crippen LogP) is 6.21. The van der Waals surface area contributed by atoms with Gasteiger partial charge in [0.1, 0.15) is 0 Å². The van der Waals surface area contributed by atoms with Crippen molar-refractivity contribution in [3.63, 3.8) is 0 Å². The molecule has 0 aliphatic heterocycles. The number of aliphatic carboxylic acids is 1. The number of unbranched alkanes of at least 4 members (excludes halogenated alkanes) is 4. The van der Waals surface area contributed by atoms with E-state index in [9.17, 15) is 4.79 Å². The Hall–Kier alpha value is -1.04. The number of carboxylic acid groups (broad SMARTS) is 1. The van der Waals surface area contributed by atoms with Crippen LogP contribution in [0.3, 0.4) is 0 Å². The van der Waals surface area contributed by atoms with E-state index >= 15 is 0 Å². The molecule has 0 spiro atoms. The summed E-state index contributed by atoms with van der Waals surface area (Å²) in [4.78, 5) is 10.3. The van der Waals surface area contributed by atoms with E-state index in [0.29, 0.717) is 0 Å². The van der Waals surface area contributed by atoms with Gasteiger partial charge in [-0.2, -0.15) is 0 Å². The summed E-state index contributed by atoms with van der Waals surface area (Å²) in [5, 5.41) is 8.49. The Balaban J connectivity index is 0. The molecule has 0 atom stereocenters. The van der Waals surface area contributed by atoms with Gasteiger partial charge in [-0.25, -0.2) is 0 Å². The molecule has 0 saturated carbocycles. The summed E-state index contributed by atoms with van der Waals surface area (Å²) in [5.41, 5.74) is 0. The summed E-state index contributed by atoms with van der Waals surface area (Å²) in [6.07, 6.45) is 27.3. The van der Waals surface area contributed by atoms with Crippen molar-refractivity contribution in [1.29, 1.82) is 0 Å². The Morgan fingerprint density at radius 2 is 1.17 bits per heavy atom. The van der Waals surface area contributed by atoms with Gasteiger partial charge in [0.25, 0.3) is 0 Å². The second-order valence-corrected chi connectivity index (χ2v) is 5.37. The van der Waals surface area contributed by atoms with Crippen LogP contribution in [0, 0.1) is 0 Å². The first kappa shape index (κ1) is 24.2. The summed E-state index contributed by atoms with van der Waals surface area (Å²) >= 11 is 0. The molecule has 0 fully saturated rings. The van der Waals surface area contributed by atoms with Gasteiger partial charge in [-0.05, 0) is 44.9 Å². The zero-order valence-corrected chi connectivity index (χ0v) is 15.7. The van der Waals surface area contributed by atoms with Crippen LogP contribution in [0.2, 0.25) is 0 Å². The molecule has 0 aliphatic carbocycles. The molecule has 2 nitrogen and oxygen atoms in total. The summed E-state index contributed by atoms with van der Waals surface area (Å²) < 4.78 is 0. The Kier molecular flexibility index (Phi) is 22.1. The van der Waals surface area contributed by atoms with Crippen LogP contribution in [0.25, 0.3) is 0 Å². The van der Waals surface area contributed by atoms with Gasteiger partial charge in [-0.3, -0.25) is 4.79 Å². The molecule has 1 N–H and O–H groups in total. The van der Waals surface area contributed by atoms with E-state index in [1.54, 1.807) is 0 Å². The average Bonchev–Trinajstić information content (AvgIpc) is 2.50. The number of carboxylic acids is 1. The van der Waals surface area contributed by atoms with Gasteiger partial charge in [-0.15, -0.1) is 0 Å². The minimum Gasteiger partial charge on any atom is -0.481 e. The second-order valence-electron chi connectivity index (χ2n) is 5.37. The van der Waals surface area contributed by atoms with Crippen LogP contribution in [0.1, 0.15) is 71.1 Å². The summed E-state index contributed by atoms with van der Waals surface area (Å²) in [5.74, 6) is -0.712. The first-order chi connectivity index (χ1) is 10.8. The first-order valence-corrected chi connectivity index (χ1v) is 8.59. The molecular formula is C20H32CrO2. The van der Waals surface area contributed by atoms with E-state index in [1.807, 2.05) is 0 Å². The van der Waals surface area contributed by atoms with Crippen LogP contribution >= 0.6 is 0 Å². The van der Waals surface area contributed by atoms with Crippen LogP contribution in [0.4, 0.5) is 0 Å². The van der Waals surface area contributed by atoms with Crippen LogP contribution in [-0.2, 0) is 22.2 Å². The summed E-state index contributed by atoms with van der Waals surface area (Å²) in [6.45, 7) is 2.23. The van der Waals surface area contributed by atoms with Crippen molar-refractivity contribution in [1.82, 2.24) is 0 Å². The normalized spacial score (nSPS) is 11.9. The number of carbonyl (C=O) groups is 1. The van der Waals surface area contributed by atoms with Crippen molar-refractivity contribution >= 4 is 5.97 Å². The number of rotatable bonds is 14. The molecule has 0 unspecified atom stereocenters. The van der Waals surface area contributed by atoms with E-state index in [0.717, 1.165) is 32.1 Å². The minimum absolute atomic E-state index is 0. The Bertz CT molecular complexity index is 368. The fourth-order valence-electron chi connectivity index (χ4n) is 1.93. The maximum atomic E-state index is 10.3. The Morgan fingerprint density at radius 1 is 0.739 bits per heavy atom. The molecule has 0 aromatic rings. The third-order valence-electron chi connectivity index (χ3n) is 3.22. The fourth-order valence-corrected chi connectivity index (χ4v) is 1.93. The Morgan fingerprint density at radius 3 is 1.61 bits per heavy atom. The molecule has 0 saturated heterocycles. The SMILES string of the molecule is CCCCC/C=C\C/C=C\C/C=C\C/C=C\CCCC(=O)O.[Cr]. The third-order valence-corrected chi connectivity index (χ3v) is 3.22. The molecule has 0 heterocycles. The van der Waals surface area contributed by atoms with E-state index in [1.165, 1.54) is 25.7 Å². The van der Waals surface area contributed by atoms with Gasteiger partial charge in [0, 0.05) is 23.8 Å². The second kappa shape index (κ2) is 21.0. The van der Waals surface area contributed by atoms with E-state index in [2.05, 4.69) is 55.5 Å². The molecule has 0 radical (unpaired) electrons. The molecule has 23 heavy (non-hydrogen) atoms. The largest absolute Gasteiger partial charge is 0.481 e. The standard InChI is InChI=1S/C20H32O2.Cr/c1-2-3-4-5-6-7-8-9-10-11-12-13-14-15-16-17-18-19-20(21)22;/h6-7,9-10,12-13,15-16H,2-5,8,11,14,17-19H2,1H3,(H,21,22);/b7-6-,10-9-,13-12-,16-15-;. The first-order valence-electron chi connectivity index (χ1n) is 8.59. The monoisotopic (exact) mass is 356 g/mol. The van der Waals surface area contributed by atoms with Crippen LogP contribution in [-0.4, -0.2) is 11.1 Å². The molecule has 0 aliphatic rings. The number of hydrogen-bond donors (Lipinski definition) is 1. The topological polar surface area (TPSA) is 37.3 Å². The average molecular weight is 356 g/mol. The molecule has 0 amide bonds. The zero-order chi connectivity index (χ0) is 16.3. The maximum Gasteiger partial charge on any atom is 0.303 e. The van der Waals surface area contributed by atoms with Crippen molar-refractivity contribution in [2.24, 2.45) is 0 Å². The fraction of sp³-hybridized carbons (Fsp3) is 0.550. The van der Waals surface area contributed by atoms with Gasteiger partial charge in [-0.1, -0.05) is 68.4 Å². The van der Waals surface area contributed by atoms with E-state index < -0.39 is 5.97 Å². The van der Waals surface area contributed by atoms with Crippen molar-refractivity contribution < 1.29 is 27.3 Å². The van der Waals surface area contributed by atoms with E-state index in [-0.39, 0.29) is 23.8 Å². The van der Waals surface area contributed by atoms with Gasteiger partial charge in [0.15, 0.2) is 0 Å². The molecule has 0 bridgehead atoms. The van der Waals surface area contributed by atoms with E-state index in [4.69, 9.17) is 5.11 Å². The third kappa shape index (κ3) is 23.4. The molecule has 130 valence electrons. The quantitative estimate of drug-likeness (QED) is 0.296. The van der Waals surface area contributed by atoms with Crippen molar-refractivity contribution in [3.05, 3.63) is 48.6 Å². The Labute approximate surface area is 153 Å². The maximum absolute atomic E-state index is 10.3. The van der Waals surface area contributed by atoms with Crippen molar-refractivity contribution in [3.8, 4) is 0 Å². The predicted molar refractivity (Wildman–Crippen MR) is 96.0 cm³/mol. The van der Waals surface area contributed by atoms with Crippen LogP contribution < -0.4 is 0 Å². The summed E-state index contributed by atoms with van der Waals surface area (Å²) in [6, 6.07) is 0. The smallest absolute Gasteiger partial charge is 0.303 e. The molecular weight excluding hydrogens is 324 g/mol. The van der Waals surface area contributed by atoms with Crippen LogP contribution in [0.5, 0.6) is 0 Å². The molecule has 0 aromatic heterocycles. The van der Waals surface area contributed by atoms with Crippen molar-refractivity contribution in [2.45, 2.75) is 71.1 Å². The molecule has 0 aromatic carbocycles. The number of hydrogen-bond acceptors (Lipinski definition) is 1. The van der Waals surface area contributed by atoms with Crippen molar-refractivity contribution in [2.75, 3.05) is 0 Å². The minimum atomic E-state index is -0.712. The molecule has 3 heteroatoms. The van der Waals surface area contributed by atoms with Gasteiger partial charge in [0.2, 0.25) is 0 Å².